The van der Waals surface area contributed by atoms with E-state index in [1.54, 1.807) is 45.9 Å². The van der Waals surface area contributed by atoms with Crippen molar-refractivity contribution in [3.63, 3.8) is 0 Å². The lowest BCUT2D eigenvalue weighted by Crippen LogP contribution is -2.39. The molecule has 37 heavy (non-hydrogen) atoms. The molecule has 2 aliphatic rings. The molecular weight excluding hydrogens is 488 g/mol. The maximum absolute atomic E-state index is 14.1. The monoisotopic (exact) mass is 522 g/mol. The van der Waals surface area contributed by atoms with E-state index in [4.69, 9.17) is 9.72 Å². The molecule has 3 heterocycles. The van der Waals surface area contributed by atoms with Gasteiger partial charge in [-0.15, -0.1) is 11.3 Å². The van der Waals surface area contributed by atoms with Crippen LogP contribution in [0.15, 0.2) is 23.0 Å². The molecule has 0 saturated heterocycles. The number of fused-ring (bicyclic) bond motifs is 4. The van der Waals surface area contributed by atoms with Crippen molar-refractivity contribution >= 4 is 38.9 Å². The topological polar surface area (TPSA) is 84.7 Å². The standard InChI is InChI=1S/C28H34N4O4S/c1-5-30(6-2)15-23-29-27-25(19-10-8-9-11-22(19)37-27)28(35)32(23)17(4)26(34)18-12-13-21-20(14-18)31(7-3)24(33)16-36-21/h12-14,17H,5-11,15-16H2,1-4H3. The number of Topliss-reactive ketones (excluding diaryl/α,β-unsaturated/α-hetero) is 1. The molecule has 2 aromatic heterocycles. The summed E-state index contributed by atoms with van der Waals surface area (Å²) in [6.07, 6.45) is 4.07. The lowest BCUT2D eigenvalue weighted by molar-refractivity contribution is -0.121. The summed E-state index contributed by atoms with van der Waals surface area (Å²) in [7, 11) is 0. The molecule has 1 unspecified atom stereocenters. The molecule has 0 bridgehead atoms. The second kappa shape index (κ2) is 10.4. The van der Waals surface area contributed by atoms with Crippen LogP contribution < -0.4 is 15.2 Å². The Morgan fingerprint density at radius 1 is 1.16 bits per heavy atom. The normalized spacial score (nSPS) is 16.0. The molecule has 0 saturated carbocycles. The average molecular weight is 523 g/mol. The van der Waals surface area contributed by atoms with Gasteiger partial charge in [-0.1, -0.05) is 13.8 Å². The number of aromatic nitrogens is 2. The van der Waals surface area contributed by atoms with Crippen LogP contribution in [0.2, 0.25) is 0 Å². The van der Waals surface area contributed by atoms with E-state index in [-0.39, 0.29) is 23.9 Å². The number of thiophene rings is 1. The minimum absolute atomic E-state index is 0.00864. The van der Waals surface area contributed by atoms with Crippen LogP contribution in [0.3, 0.4) is 0 Å². The number of rotatable bonds is 8. The first kappa shape index (κ1) is 25.6. The summed E-state index contributed by atoms with van der Waals surface area (Å²) in [4.78, 5) is 51.2. The number of hydrogen-bond acceptors (Lipinski definition) is 7. The lowest BCUT2D eigenvalue weighted by Gasteiger charge is -2.29. The number of ketones is 1. The molecule has 1 aliphatic heterocycles. The highest BCUT2D eigenvalue weighted by Crippen LogP contribution is 2.36. The van der Waals surface area contributed by atoms with Crippen molar-refractivity contribution < 1.29 is 14.3 Å². The minimum atomic E-state index is -0.748. The smallest absolute Gasteiger partial charge is 0.265 e. The van der Waals surface area contributed by atoms with E-state index in [2.05, 4.69) is 18.7 Å². The number of carbonyl (C=O) groups excluding carboxylic acids is 2. The van der Waals surface area contributed by atoms with Gasteiger partial charge in [0, 0.05) is 17.0 Å². The van der Waals surface area contributed by atoms with Gasteiger partial charge in [-0.25, -0.2) is 4.98 Å². The summed E-state index contributed by atoms with van der Waals surface area (Å²) in [5.74, 6) is 0.873. The number of aryl methyl sites for hydroxylation is 2. The molecule has 0 spiro atoms. The largest absolute Gasteiger partial charge is 0.482 e. The SMILES string of the molecule is CCN(CC)Cc1nc2sc3c(c2c(=O)n1C(C)C(=O)c1ccc2c(c1)N(CC)C(=O)CO2)CCCC3. The Labute approximate surface area is 220 Å². The van der Waals surface area contributed by atoms with Crippen molar-refractivity contribution in [1.82, 2.24) is 14.5 Å². The van der Waals surface area contributed by atoms with Crippen molar-refractivity contribution in [2.24, 2.45) is 0 Å². The van der Waals surface area contributed by atoms with Crippen molar-refractivity contribution in [3.8, 4) is 5.75 Å². The Morgan fingerprint density at radius 2 is 1.92 bits per heavy atom. The quantitative estimate of drug-likeness (QED) is 0.409. The van der Waals surface area contributed by atoms with Crippen molar-refractivity contribution in [1.29, 1.82) is 0 Å². The van der Waals surface area contributed by atoms with Crippen LogP contribution >= 0.6 is 11.3 Å². The first-order chi connectivity index (χ1) is 17.9. The van der Waals surface area contributed by atoms with Crippen molar-refractivity contribution in [2.75, 3.05) is 31.1 Å². The number of ether oxygens (including phenoxy) is 1. The van der Waals surface area contributed by atoms with Gasteiger partial charge in [0.25, 0.3) is 11.5 Å². The van der Waals surface area contributed by atoms with Gasteiger partial charge in [-0.05, 0) is 76.4 Å². The van der Waals surface area contributed by atoms with E-state index >= 15 is 0 Å². The van der Waals surface area contributed by atoms with Crippen LogP contribution in [-0.2, 0) is 24.2 Å². The minimum Gasteiger partial charge on any atom is -0.482 e. The fraction of sp³-hybridized carbons (Fsp3) is 0.500. The zero-order valence-electron chi connectivity index (χ0n) is 22.0. The van der Waals surface area contributed by atoms with Crippen LogP contribution in [0.5, 0.6) is 5.75 Å². The maximum atomic E-state index is 14.1. The summed E-state index contributed by atoms with van der Waals surface area (Å²) < 4.78 is 7.19. The number of benzene rings is 1. The molecule has 9 heteroatoms. The van der Waals surface area contributed by atoms with E-state index in [1.165, 1.54) is 4.88 Å². The third-order valence-corrected chi connectivity index (χ3v) is 8.81. The molecule has 8 nitrogen and oxygen atoms in total. The first-order valence-corrected chi connectivity index (χ1v) is 14.1. The number of carbonyl (C=O) groups is 2. The molecule has 0 fully saturated rings. The maximum Gasteiger partial charge on any atom is 0.265 e. The van der Waals surface area contributed by atoms with Gasteiger partial charge >= 0.3 is 0 Å². The fourth-order valence-corrected chi connectivity index (χ4v) is 6.75. The van der Waals surface area contributed by atoms with Gasteiger partial charge in [-0.3, -0.25) is 23.9 Å². The highest BCUT2D eigenvalue weighted by atomic mass is 32.1. The van der Waals surface area contributed by atoms with Crippen molar-refractivity contribution in [3.05, 3.63) is 50.4 Å². The fourth-order valence-electron chi connectivity index (χ4n) is 5.48. The molecule has 1 aromatic carbocycles. The zero-order valence-corrected chi connectivity index (χ0v) is 22.8. The summed E-state index contributed by atoms with van der Waals surface area (Å²) in [5, 5.41) is 0.684. The third kappa shape index (κ3) is 4.48. The average Bonchev–Trinajstić information content (AvgIpc) is 3.29. The van der Waals surface area contributed by atoms with Crippen molar-refractivity contribution in [2.45, 2.75) is 66.0 Å². The van der Waals surface area contributed by atoms with Gasteiger partial charge in [0.15, 0.2) is 12.4 Å². The number of amides is 1. The van der Waals surface area contributed by atoms with E-state index in [1.807, 2.05) is 6.92 Å². The van der Waals surface area contributed by atoms with Gasteiger partial charge in [0.05, 0.1) is 23.7 Å². The van der Waals surface area contributed by atoms with Crippen LogP contribution in [-0.4, -0.2) is 52.4 Å². The summed E-state index contributed by atoms with van der Waals surface area (Å²) in [6.45, 7) is 10.4. The van der Waals surface area contributed by atoms with Crippen LogP contribution in [0.25, 0.3) is 10.2 Å². The van der Waals surface area contributed by atoms with Crippen LogP contribution in [0, 0.1) is 0 Å². The Balaban J connectivity index is 1.61. The van der Waals surface area contributed by atoms with Gasteiger partial charge in [0.2, 0.25) is 0 Å². The predicted octanol–water partition coefficient (Wildman–Crippen LogP) is 4.37. The number of hydrogen-bond donors (Lipinski definition) is 0. The van der Waals surface area contributed by atoms with E-state index in [0.717, 1.165) is 49.2 Å². The summed E-state index contributed by atoms with van der Waals surface area (Å²) in [6, 6.07) is 4.42. The van der Waals surface area contributed by atoms with Gasteiger partial charge < -0.3 is 9.64 Å². The molecule has 5 rings (SSSR count). The highest BCUT2D eigenvalue weighted by Gasteiger charge is 2.30. The Kier molecular flexibility index (Phi) is 7.18. The van der Waals surface area contributed by atoms with E-state index in [9.17, 15) is 14.4 Å². The summed E-state index contributed by atoms with van der Waals surface area (Å²) in [5.41, 5.74) is 2.03. The predicted molar refractivity (Wildman–Crippen MR) is 146 cm³/mol. The van der Waals surface area contributed by atoms with E-state index in [0.29, 0.717) is 41.3 Å². The zero-order chi connectivity index (χ0) is 26.3. The number of nitrogens with zero attached hydrogens (tertiary/aromatic N) is 4. The van der Waals surface area contributed by atoms with E-state index < -0.39 is 6.04 Å². The Morgan fingerprint density at radius 3 is 2.65 bits per heavy atom. The number of likely N-dealkylation sites (N-methyl/N-ethyl adjacent to an activating group) is 1. The second-order valence-corrected chi connectivity index (χ2v) is 10.8. The molecular formula is C28H34N4O4S. The summed E-state index contributed by atoms with van der Waals surface area (Å²) >= 11 is 1.63. The van der Waals surface area contributed by atoms with Gasteiger partial charge in [0.1, 0.15) is 16.4 Å². The second-order valence-electron chi connectivity index (χ2n) is 9.71. The first-order valence-electron chi connectivity index (χ1n) is 13.3. The highest BCUT2D eigenvalue weighted by molar-refractivity contribution is 7.18. The van der Waals surface area contributed by atoms with Gasteiger partial charge in [-0.2, -0.15) is 0 Å². The van der Waals surface area contributed by atoms with Crippen LogP contribution in [0.4, 0.5) is 5.69 Å². The Bertz CT molecular complexity index is 1420. The number of anilines is 1. The lowest BCUT2D eigenvalue weighted by atomic mass is 9.97. The molecule has 0 radical (unpaired) electrons. The molecule has 1 aliphatic carbocycles. The third-order valence-electron chi connectivity index (χ3n) is 7.62. The van der Waals surface area contributed by atoms with Crippen LogP contribution in [0.1, 0.15) is 73.2 Å². The molecule has 1 atom stereocenters. The Hall–Kier alpha value is -3.04. The molecule has 3 aromatic rings. The molecule has 0 N–H and O–H groups in total. The molecule has 196 valence electrons. The molecule has 1 amide bonds.